The van der Waals surface area contributed by atoms with Gasteiger partial charge in [-0.2, -0.15) is 0 Å². The number of aromatic nitrogens is 2. The number of hydrogen-bond donors (Lipinski definition) is 2. The van der Waals surface area contributed by atoms with Crippen LogP contribution in [0, 0.1) is 13.8 Å². The molecule has 0 spiro atoms. The highest BCUT2D eigenvalue weighted by molar-refractivity contribution is 5.92. The molecule has 0 fully saturated rings. The molecule has 6 heteroatoms. The molecule has 2 N–H and O–H groups in total. The molecule has 0 aliphatic rings. The number of amides is 1. The normalized spacial score (nSPS) is 10.3. The molecule has 3 rings (SSSR count). The number of ether oxygens (including phenoxy) is 1. The van der Waals surface area contributed by atoms with E-state index < -0.39 is 0 Å². The summed E-state index contributed by atoms with van der Waals surface area (Å²) in [5.74, 6) is 1.10. The van der Waals surface area contributed by atoms with Gasteiger partial charge >= 0.3 is 0 Å². The highest BCUT2D eigenvalue weighted by Crippen LogP contribution is 2.20. The highest BCUT2D eigenvalue weighted by Gasteiger charge is 2.09. The summed E-state index contributed by atoms with van der Waals surface area (Å²) in [6, 6.07) is 17.0. The minimum absolute atomic E-state index is 0.267. The molecule has 0 atom stereocenters. The van der Waals surface area contributed by atoms with Crippen molar-refractivity contribution in [3.05, 3.63) is 77.0 Å². The van der Waals surface area contributed by atoms with E-state index in [1.54, 1.807) is 19.2 Å². The lowest BCUT2D eigenvalue weighted by Gasteiger charge is -2.09. The van der Waals surface area contributed by atoms with Crippen LogP contribution in [-0.2, 0) is 6.54 Å². The number of carbonyl (C=O) groups is 1. The summed E-state index contributed by atoms with van der Waals surface area (Å²) in [4.78, 5) is 12.2. The van der Waals surface area contributed by atoms with Crippen molar-refractivity contribution in [1.29, 1.82) is 0 Å². The van der Waals surface area contributed by atoms with Crippen molar-refractivity contribution in [3.8, 4) is 5.75 Å². The molecule has 0 radical (unpaired) electrons. The zero-order valence-corrected chi connectivity index (χ0v) is 15.6. The van der Waals surface area contributed by atoms with Crippen molar-refractivity contribution in [1.82, 2.24) is 15.5 Å². The van der Waals surface area contributed by atoms with E-state index in [0.29, 0.717) is 12.4 Å². The Bertz CT molecular complexity index is 922. The van der Waals surface area contributed by atoms with Crippen LogP contribution in [0.3, 0.4) is 0 Å². The van der Waals surface area contributed by atoms with Gasteiger partial charge in [-0.3, -0.25) is 4.79 Å². The summed E-state index contributed by atoms with van der Waals surface area (Å²) in [5, 5.41) is 14.2. The number of carbonyl (C=O) groups excluding carboxylic acids is 1. The summed E-state index contributed by atoms with van der Waals surface area (Å²) in [7, 11) is 1.62. The van der Waals surface area contributed by atoms with Crippen LogP contribution in [0.5, 0.6) is 5.75 Å². The van der Waals surface area contributed by atoms with Gasteiger partial charge < -0.3 is 15.4 Å². The van der Waals surface area contributed by atoms with E-state index >= 15 is 0 Å². The number of rotatable bonds is 6. The molecular formula is C21H22N4O2. The first-order valence-corrected chi connectivity index (χ1v) is 8.64. The Hall–Kier alpha value is -3.41. The van der Waals surface area contributed by atoms with Crippen molar-refractivity contribution in [2.45, 2.75) is 20.4 Å². The summed E-state index contributed by atoms with van der Waals surface area (Å²) >= 11 is 0. The van der Waals surface area contributed by atoms with Crippen LogP contribution in [0.2, 0.25) is 0 Å². The number of anilines is 2. The highest BCUT2D eigenvalue weighted by atomic mass is 16.5. The lowest BCUT2D eigenvalue weighted by Crippen LogP contribution is -2.24. The minimum atomic E-state index is -0.267. The van der Waals surface area contributed by atoms with Crippen molar-refractivity contribution in [2.75, 3.05) is 12.4 Å². The molecule has 6 nitrogen and oxygen atoms in total. The lowest BCUT2D eigenvalue weighted by atomic mass is 10.1. The first-order chi connectivity index (χ1) is 13.0. The monoisotopic (exact) mass is 362 g/mol. The number of methoxy groups -OCH3 is 1. The van der Waals surface area contributed by atoms with E-state index in [1.807, 2.05) is 43.3 Å². The zero-order valence-electron chi connectivity index (χ0n) is 15.6. The maximum atomic E-state index is 12.2. The lowest BCUT2D eigenvalue weighted by molar-refractivity contribution is 0.0945. The SMILES string of the molecule is COc1ccc(CNC(=O)c2ccc(Nc3ccc(C)cc3C)nn2)cc1. The van der Waals surface area contributed by atoms with Crippen molar-refractivity contribution < 1.29 is 9.53 Å². The Labute approximate surface area is 158 Å². The molecule has 0 aliphatic carbocycles. The molecule has 27 heavy (non-hydrogen) atoms. The van der Waals surface area contributed by atoms with Crippen LogP contribution in [0.1, 0.15) is 27.2 Å². The quantitative estimate of drug-likeness (QED) is 0.698. The topological polar surface area (TPSA) is 76.1 Å². The summed E-state index contributed by atoms with van der Waals surface area (Å²) in [6.45, 7) is 4.49. The Balaban J connectivity index is 1.59. The Morgan fingerprint density at radius 1 is 1.00 bits per heavy atom. The first-order valence-electron chi connectivity index (χ1n) is 8.64. The van der Waals surface area contributed by atoms with E-state index in [4.69, 9.17) is 4.74 Å². The summed E-state index contributed by atoms with van der Waals surface area (Å²) in [5.41, 5.74) is 4.54. The van der Waals surface area contributed by atoms with E-state index in [9.17, 15) is 4.79 Å². The van der Waals surface area contributed by atoms with E-state index in [1.165, 1.54) is 5.56 Å². The zero-order chi connectivity index (χ0) is 19.2. The fourth-order valence-electron chi connectivity index (χ4n) is 2.63. The van der Waals surface area contributed by atoms with Crippen molar-refractivity contribution in [3.63, 3.8) is 0 Å². The fraction of sp³-hybridized carbons (Fsp3) is 0.190. The smallest absolute Gasteiger partial charge is 0.272 e. The van der Waals surface area contributed by atoms with Gasteiger partial charge in [-0.15, -0.1) is 10.2 Å². The third kappa shape index (κ3) is 4.82. The van der Waals surface area contributed by atoms with E-state index in [-0.39, 0.29) is 11.6 Å². The van der Waals surface area contributed by atoms with Gasteiger partial charge in [-0.1, -0.05) is 29.8 Å². The number of aryl methyl sites for hydroxylation is 2. The predicted octanol–water partition coefficient (Wildman–Crippen LogP) is 3.78. The maximum absolute atomic E-state index is 12.2. The second-order valence-electron chi connectivity index (χ2n) is 6.28. The molecule has 1 amide bonds. The van der Waals surface area contributed by atoms with E-state index in [2.05, 4.69) is 33.8 Å². The summed E-state index contributed by atoms with van der Waals surface area (Å²) in [6.07, 6.45) is 0. The number of benzene rings is 2. The number of nitrogens with zero attached hydrogens (tertiary/aromatic N) is 2. The third-order valence-corrected chi connectivity index (χ3v) is 4.15. The molecule has 0 saturated heterocycles. The van der Waals surface area contributed by atoms with Gasteiger partial charge in [0.2, 0.25) is 0 Å². The first kappa shape index (κ1) is 18.4. The molecule has 0 bridgehead atoms. The summed E-state index contributed by atoms with van der Waals surface area (Å²) < 4.78 is 5.12. The number of nitrogens with one attached hydrogen (secondary N) is 2. The Morgan fingerprint density at radius 3 is 2.41 bits per heavy atom. The van der Waals surface area contributed by atoms with Crippen LogP contribution in [-0.4, -0.2) is 23.2 Å². The standard InChI is InChI=1S/C21H22N4O2/c1-14-4-9-18(15(2)12-14)23-20-11-10-19(24-25-20)21(26)22-13-16-5-7-17(27-3)8-6-16/h4-12H,13H2,1-3H3,(H,22,26)(H,23,25). The van der Waals surface area contributed by atoms with Crippen molar-refractivity contribution >= 4 is 17.4 Å². The largest absolute Gasteiger partial charge is 0.497 e. The molecule has 2 aromatic carbocycles. The molecule has 1 aromatic heterocycles. The van der Waals surface area contributed by atoms with Gasteiger partial charge in [0, 0.05) is 12.2 Å². The predicted molar refractivity (Wildman–Crippen MR) is 105 cm³/mol. The van der Waals surface area contributed by atoms with Gasteiger partial charge in [0.15, 0.2) is 11.5 Å². The molecule has 0 unspecified atom stereocenters. The molecule has 3 aromatic rings. The number of hydrogen-bond acceptors (Lipinski definition) is 5. The molecule has 0 saturated carbocycles. The fourth-order valence-corrected chi connectivity index (χ4v) is 2.63. The Kier molecular flexibility index (Phi) is 5.66. The molecule has 0 aliphatic heterocycles. The average Bonchev–Trinajstić information content (AvgIpc) is 2.69. The molecular weight excluding hydrogens is 340 g/mol. The van der Waals surface area contributed by atoms with Crippen molar-refractivity contribution in [2.24, 2.45) is 0 Å². The van der Waals surface area contributed by atoms with Gasteiger partial charge in [-0.25, -0.2) is 0 Å². The van der Waals surface area contributed by atoms with Crippen LogP contribution >= 0.6 is 0 Å². The van der Waals surface area contributed by atoms with Crippen LogP contribution in [0.4, 0.5) is 11.5 Å². The maximum Gasteiger partial charge on any atom is 0.272 e. The van der Waals surface area contributed by atoms with Gasteiger partial charge in [-0.05, 0) is 55.3 Å². The molecule has 138 valence electrons. The van der Waals surface area contributed by atoms with Gasteiger partial charge in [0.1, 0.15) is 5.75 Å². The van der Waals surface area contributed by atoms with Crippen LogP contribution in [0.15, 0.2) is 54.6 Å². The second kappa shape index (κ2) is 8.31. The Morgan fingerprint density at radius 2 is 1.78 bits per heavy atom. The molecule has 1 heterocycles. The average molecular weight is 362 g/mol. The third-order valence-electron chi connectivity index (χ3n) is 4.15. The minimum Gasteiger partial charge on any atom is -0.497 e. The van der Waals surface area contributed by atoms with Gasteiger partial charge in [0.05, 0.1) is 7.11 Å². The van der Waals surface area contributed by atoms with Crippen LogP contribution < -0.4 is 15.4 Å². The van der Waals surface area contributed by atoms with Gasteiger partial charge in [0.25, 0.3) is 5.91 Å². The second-order valence-corrected chi connectivity index (χ2v) is 6.28. The van der Waals surface area contributed by atoms with E-state index in [0.717, 1.165) is 22.6 Å². The van der Waals surface area contributed by atoms with Crippen LogP contribution in [0.25, 0.3) is 0 Å².